The Balaban J connectivity index is 1.78. The number of fused-ring (bicyclic) bond motifs is 1. The molecule has 1 aliphatic heterocycles. The molecule has 1 aliphatic rings. The molecular weight excluding hydrogens is 378 g/mol. The second kappa shape index (κ2) is 9.16. The van der Waals surface area contributed by atoms with Crippen molar-refractivity contribution in [3.05, 3.63) is 30.1 Å². The summed E-state index contributed by atoms with van der Waals surface area (Å²) < 4.78 is 0. The summed E-state index contributed by atoms with van der Waals surface area (Å²) in [5, 5.41) is 7.17. The molecule has 0 bridgehead atoms. The number of nitrogens with zero attached hydrogens (tertiary/aromatic N) is 2. The summed E-state index contributed by atoms with van der Waals surface area (Å²) in [6.07, 6.45) is 7.19. The molecule has 2 aromatic rings. The predicted octanol–water partition coefficient (Wildman–Crippen LogP) is 2.63. The number of carbonyl (C=O) groups excluding carboxylic acids is 2. The first kappa shape index (κ1) is 22.3. The van der Waals surface area contributed by atoms with Crippen LogP contribution in [0.5, 0.6) is 0 Å². The van der Waals surface area contributed by atoms with E-state index in [0.29, 0.717) is 6.42 Å². The second-order valence-corrected chi connectivity index (χ2v) is 9.30. The van der Waals surface area contributed by atoms with Crippen LogP contribution in [-0.4, -0.2) is 58.4 Å². The quantitative estimate of drug-likeness (QED) is 0.651. The van der Waals surface area contributed by atoms with Crippen molar-refractivity contribution in [2.75, 3.05) is 13.6 Å². The van der Waals surface area contributed by atoms with Gasteiger partial charge in [-0.2, -0.15) is 0 Å². The first-order chi connectivity index (χ1) is 14.3. The molecule has 0 spiro atoms. The Morgan fingerprint density at radius 3 is 2.80 bits per heavy atom. The van der Waals surface area contributed by atoms with Crippen LogP contribution in [0.1, 0.15) is 52.5 Å². The van der Waals surface area contributed by atoms with E-state index in [2.05, 4.69) is 26.7 Å². The lowest BCUT2D eigenvalue weighted by Crippen LogP contribution is -2.58. The van der Waals surface area contributed by atoms with Crippen molar-refractivity contribution in [3.63, 3.8) is 0 Å². The number of rotatable bonds is 7. The third-order valence-electron chi connectivity index (χ3n) is 6.13. The molecule has 0 unspecified atom stereocenters. The Bertz CT molecular complexity index is 881. The van der Waals surface area contributed by atoms with Crippen molar-refractivity contribution in [2.45, 2.75) is 71.5 Å². The van der Waals surface area contributed by atoms with Gasteiger partial charge in [0.05, 0.1) is 6.04 Å². The average molecular weight is 414 g/mol. The van der Waals surface area contributed by atoms with Crippen LogP contribution in [0, 0.1) is 5.41 Å². The average Bonchev–Trinajstić information content (AvgIpc) is 3.33. The molecule has 0 radical (unpaired) electrons. The van der Waals surface area contributed by atoms with Crippen LogP contribution in [0.25, 0.3) is 11.0 Å². The molecule has 0 saturated carbocycles. The van der Waals surface area contributed by atoms with Gasteiger partial charge in [-0.25, -0.2) is 4.98 Å². The van der Waals surface area contributed by atoms with Crippen LogP contribution < -0.4 is 10.6 Å². The smallest absolute Gasteiger partial charge is 0.245 e. The first-order valence-electron chi connectivity index (χ1n) is 10.9. The molecule has 1 saturated heterocycles. The lowest BCUT2D eigenvalue weighted by atomic mass is 9.85. The van der Waals surface area contributed by atoms with E-state index in [1.807, 2.05) is 44.9 Å². The highest BCUT2D eigenvalue weighted by Gasteiger charge is 2.40. The van der Waals surface area contributed by atoms with E-state index in [1.165, 1.54) is 5.56 Å². The minimum absolute atomic E-state index is 0.0160. The van der Waals surface area contributed by atoms with E-state index < -0.39 is 6.04 Å². The lowest BCUT2D eigenvalue weighted by molar-refractivity contribution is -0.140. The number of hydrogen-bond donors (Lipinski definition) is 3. The highest BCUT2D eigenvalue weighted by atomic mass is 16.2. The van der Waals surface area contributed by atoms with Gasteiger partial charge in [0.1, 0.15) is 11.7 Å². The summed E-state index contributed by atoms with van der Waals surface area (Å²) in [7, 11) is 1.77. The molecule has 0 aromatic carbocycles. The third-order valence-corrected chi connectivity index (χ3v) is 6.13. The lowest BCUT2D eigenvalue weighted by Gasteiger charge is -2.36. The Morgan fingerprint density at radius 1 is 1.37 bits per heavy atom. The number of nitrogens with one attached hydrogen (secondary N) is 3. The number of aromatic amines is 1. The van der Waals surface area contributed by atoms with Crippen molar-refractivity contribution < 1.29 is 9.59 Å². The minimum atomic E-state index is -0.558. The Labute approximate surface area is 179 Å². The summed E-state index contributed by atoms with van der Waals surface area (Å²) in [6, 6.07) is 3.28. The predicted molar refractivity (Wildman–Crippen MR) is 119 cm³/mol. The molecule has 1 fully saturated rings. The molecule has 3 N–H and O–H groups in total. The van der Waals surface area contributed by atoms with E-state index in [4.69, 9.17) is 0 Å². The SMILES string of the molecule is CC[C@H](NC)C(=O)N[C@H](C(=O)N1CCC[C@@H]1Cc1c[nH]c2ncccc12)C(C)(C)C. The highest BCUT2D eigenvalue weighted by Crippen LogP contribution is 2.29. The minimum Gasteiger partial charge on any atom is -0.346 e. The zero-order valence-electron chi connectivity index (χ0n) is 18.8. The molecule has 30 heavy (non-hydrogen) atoms. The largest absolute Gasteiger partial charge is 0.346 e. The van der Waals surface area contributed by atoms with Crippen molar-refractivity contribution in [1.82, 2.24) is 25.5 Å². The summed E-state index contributed by atoms with van der Waals surface area (Å²) in [5.74, 6) is -0.103. The molecule has 7 heteroatoms. The zero-order chi connectivity index (χ0) is 21.9. The fourth-order valence-corrected chi connectivity index (χ4v) is 4.35. The summed E-state index contributed by atoms with van der Waals surface area (Å²) in [4.78, 5) is 35.9. The molecular formula is C23H35N5O2. The molecule has 3 atom stereocenters. The fourth-order valence-electron chi connectivity index (χ4n) is 4.35. The van der Waals surface area contributed by atoms with Gasteiger partial charge in [-0.05, 0) is 55.8 Å². The molecule has 0 aliphatic carbocycles. The number of carbonyl (C=O) groups is 2. The van der Waals surface area contributed by atoms with E-state index in [1.54, 1.807) is 13.2 Å². The Morgan fingerprint density at radius 2 is 2.13 bits per heavy atom. The van der Waals surface area contributed by atoms with Gasteiger partial charge in [0.25, 0.3) is 0 Å². The van der Waals surface area contributed by atoms with Crippen molar-refractivity contribution in [1.29, 1.82) is 0 Å². The maximum absolute atomic E-state index is 13.6. The molecule has 3 heterocycles. The molecule has 164 valence electrons. The van der Waals surface area contributed by atoms with Gasteiger partial charge in [0.2, 0.25) is 11.8 Å². The molecule has 2 amide bonds. The molecule has 7 nitrogen and oxygen atoms in total. The van der Waals surface area contributed by atoms with Crippen molar-refractivity contribution in [3.8, 4) is 0 Å². The highest BCUT2D eigenvalue weighted by molar-refractivity contribution is 5.90. The van der Waals surface area contributed by atoms with E-state index in [-0.39, 0.29) is 29.3 Å². The van der Waals surface area contributed by atoms with E-state index in [9.17, 15) is 9.59 Å². The maximum atomic E-state index is 13.6. The van der Waals surface area contributed by atoms with Crippen LogP contribution >= 0.6 is 0 Å². The maximum Gasteiger partial charge on any atom is 0.245 e. The van der Waals surface area contributed by atoms with Gasteiger partial charge in [-0.1, -0.05) is 27.7 Å². The van der Waals surface area contributed by atoms with Crippen LogP contribution in [0.4, 0.5) is 0 Å². The normalized spacial score (nSPS) is 19.1. The van der Waals surface area contributed by atoms with Gasteiger partial charge in [0, 0.05) is 30.4 Å². The molecule has 3 rings (SSSR count). The van der Waals surface area contributed by atoms with Crippen LogP contribution in [0.3, 0.4) is 0 Å². The second-order valence-electron chi connectivity index (χ2n) is 9.30. The number of aromatic nitrogens is 2. The summed E-state index contributed by atoms with van der Waals surface area (Å²) in [6.45, 7) is 8.71. The van der Waals surface area contributed by atoms with E-state index >= 15 is 0 Å². The van der Waals surface area contributed by atoms with Crippen LogP contribution in [0.15, 0.2) is 24.5 Å². The van der Waals surface area contributed by atoms with Gasteiger partial charge in [-0.3, -0.25) is 9.59 Å². The summed E-state index contributed by atoms with van der Waals surface area (Å²) >= 11 is 0. The molecule has 2 aromatic heterocycles. The van der Waals surface area contributed by atoms with Crippen LogP contribution in [-0.2, 0) is 16.0 Å². The Kier molecular flexibility index (Phi) is 6.81. The standard InChI is InChI=1S/C23H35N5O2/c1-6-18(24-5)21(29)27-19(23(2,3)4)22(30)28-12-8-9-16(28)13-15-14-26-20-17(15)10-7-11-25-20/h7,10-11,14,16,18-19,24H,6,8-9,12-13H2,1-5H3,(H,25,26)(H,27,29)/t16-,18+,19-/m1/s1. The number of pyridine rings is 1. The first-order valence-corrected chi connectivity index (χ1v) is 10.9. The Hall–Kier alpha value is -2.41. The number of likely N-dealkylation sites (tertiary alicyclic amines) is 1. The van der Waals surface area contributed by atoms with Gasteiger partial charge in [0.15, 0.2) is 0 Å². The third kappa shape index (κ3) is 4.67. The monoisotopic (exact) mass is 413 g/mol. The van der Waals surface area contributed by atoms with Gasteiger partial charge in [-0.15, -0.1) is 0 Å². The number of H-pyrrole nitrogens is 1. The van der Waals surface area contributed by atoms with Crippen molar-refractivity contribution >= 4 is 22.8 Å². The fraction of sp³-hybridized carbons (Fsp3) is 0.609. The number of likely N-dealkylation sites (N-methyl/N-ethyl adjacent to an activating group) is 1. The topological polar surface area (TPSA) is 90.1 Å². The van der Waals surface area contributed by atoms with Crippen molar-refractivity contribution in [2.24, 2.45) is 5.41 Å². The summed E-state index contributed by atoms with van der Waals surface area (Å²) in [5.41, 5.74) is 1.68. The number of amides is 2. The van der Waals surface area contributed by atoms with Gasteiger partial charge >= 0.3 is 0 Å². The van der Waals surface area contributed by atoms with E-state index in [0.717, 1.165) is 36.8 Å². The zero-order valence-corrected chi connectivity index (χ0v) is 18.8. The van der Waals surface area contributed by atoms with Crippen LogP contribution in [0.2, 0.25) is 0 Å². The van der Waals surface area contributed by atoms with Gasteiger partial charge < -0.3 is 20.5 Å². The number of hydrogen-bond acceptors (Lipinski definition) is 4.